The van der Waals surface area contributed by atoms with E-state index in [1.165, 1.54) is 18.1 Å². The number of methoxy groups -OCH3 is 1. The van der Waals surface area contributed by atoms with Gasteiger partial charge in [-0.3, -0.25) is 19.7 Å². The monoisotopic (exact) mass is 507 g/mol. The zero-order chi connectivity index (χ0) is 25.7. The smallest absolute Gasteiger partial charge is 0.257 e. The van der Waals surface area contributed by atoms with Crippen LogP contribution in [0.25, 0.3) is 11.1 Å². The van der Waals surface area contributed by atoms with Gasteiger partial charge in [0, 0.05) is 38.8 Å². The van der Waals surface area contributed by atoms with Crippen molar-refractivity contribution in [2.75, 3.05) is 44.7 Å². The van der Waals surface area contributed by atoms with Crippen LogP contribution in [-0.2, 0) is 21.5 Å². The molecule has 6 rings (SSSR count). The van der Waals surface area contributed by atoms with Gasteiger partial charge in [-0.25, -0.2) is 9.37 Å². The van der Waals surface area contributed by atoms with Crippen LogP contribution in [0.4, 0.5) is 10.2 Å². The van der Waals surface area contributed by atoms with E-state index < -0.39 is 29.0 Å². The van der Waals surface area contributed by atoms with Crippen LogP contribution < -0.4 is 20.3 Å². The zero-order valence-electron chi connectivity index (χ0n) is 20.3. The van der Waals surface area contributed by atoms with Crippen molar-refractivity contribution in [3.05, 3.63) is 53.0 Å². The normalized spacial score (nSPS) is 21.9. The summed E-state index contributed by atoms with van der Waals surface area (Å²) in [4.78, 5) is 47.1. The first-order valence-corrected chi connectivity index (χ1v) is 12.3. The van der Waals surface area contributed by atoms with Gasteiger partial charge in [0.1, 0.15) is 22.5 Å². The van der Waals surface area contributed by atoms with Crippen LogP contribution in [0.1, 0.15) is 34.5 Å². The quantitative estimate of drug-likeness (QED) is 0.502. The molecule has 37 heavy (non-hydrogen) atoms. The number of anilines is 1. The van der Waals surface area contributed by atoms with Crippen molar-refractivity contribution in [2.24, 2.45) is 0 Å². The Morgan fingerprint density at radius 3 is 2.81 bits per heavy atom. The summed E-state index contributed by atoms with van der Waals surface area (Å²) in [5.41, 5.74) is -0.0101. The number of furan rings is 1. The molecule has 0 unspecified atom stereocenters. The number of pyridine rings is 1. The molecular weight excluding hydrogens is 481 g/mol. The number of aromatic nitrogens is 1. The van der Waals surface area contributed by atoms with Gasteiger partial charge in [0.05, 0.1) is 19.1 Å². The summed E-state index contributed by atoms with van der Waals surface area (Å²) in [7, 11) is 1.33. The fraction of sp³-hybridized carbons (Fsp3) is 0.385. The van der Waals surface area contributed by atoms with Crippen molar-refractivity contribution in [3.63, 3.8) is 0 Å². The first kappa shape index (κ1) is 23.4. The van der Waals surface area contributed by atoms with Crippen molar-refractivity contribution >= 4 is 34.6 Å². The summed E-state index contributed by atoms with van der Waals surface area (Å²) in [6, 6.07) is 8.46. The molecule has 3 aliphatic heterocycles. The summed E-state index contributed by atoms with van der Waals surface area (Å²) in [5, 5.41) is 5.72. The lowest BCUT2D eigenvalue weighted by molar-refractivity contribution is -0.127. The Morgan fingerprint density at radius 1 is 1.16 bits per heavy atom. The molecule has 1 atom stereocenters. The standard InChI is InChI=1S/C26H26FN5O5/c1-36-18-4-3-15-13-32(24(34)22(15)23(18)27)14-26(12-21(33)30-25(26)35)19-11-16-17(37-19)5-6-20(29-16)31-9-2-7-28-8-10-31/h3-6,11,28H,2,7-10,12-14H2,1H3,(H,30,33,35)/t26-/m1/s1. The fourth-order valence-electron chi connectivity index (χ4n) is 5.46. The van der Waals surface area contributed by atoms with Crippen LogP contribution >= 0.6 is 0 Å². The number of hydrogen-bond acceptors (Lipinski definition) is 8. The topological polar surface area (TPSA) is 117 Å². The van der Waals surface area contributed by atoms with Gasteiger partial charge in [-0.2, -0.15) is 0 Å². The minimum Gasteiger partial charge on any atom is -0.494 e. The second-order valence-electron chi connectivity index (χ2n) is 9.67. The van der Waals surface area contributed by atoms with Crippen LogP contribution in [0.15, 0.2) is 34.7 Å². The number of benzene rings is 1. The van der Waals surface area contributed by atoms with Crippen LogP contribution in [0.5, 0.6) is 5.75 Å². The van der Waals surface area contributed by atoms with Gasteiger partial charge >= 0.3 is 0 Å². The second kappa shape index (κ2) is 8.84. The second-order valence-corrected chi connectivity index (χ2v) is 9.67. The number of fused-ring (bicyclic) bond motifs is 2. The van der Waals surface area contributed by atoms with Gasteiger partial charge in [-0.15, -0.1) is 0 Å². The van der Waals surface area contributed by atoms with E-state index in [9.17, 15) is 18.8 Å². The first-order valence-electron chi connectivity index (χ1n) is 12.3. The number of halogens is 1. The molecule has 0 bridgehead atoms. The summed E-state index contributed by atoms with van der Waals surface area (Å²) in [6.07, 6.45) is 0.808. The number of rotatable bonds is 5. The third kappa shape index (κ3) is 3.81. The molecule has 1 aromatic carbocycles. The van der Waals surface area contributed by atoms with Crippen LogP contribution in [-0.4, -0.2) is 67.4 Å². The Kier molecular flexibility index (Phi) is 5.59. The number of nitrogens with one attached hydrogen (secondary N) is 2. The lowest BCUT2D eigenvalue weighted by Gasteiger charge is -2.28. The molecule has 3 aliphatic rings. The summed E-state index contributed by atoms with van der Waals surface area (Å²) in [6.45, 7) is 3.46. The molecule has 2 saturated heterocycles. The Hall–Kier alpha value is -3.99. The number of carbonyl (C=O) groups excluding carboxylic acids is 3. The summed E-state index contributed by atoms with van der Waals surface area (Å²) < 4.78 is 26.0. The maximum absolute atomic E-state index is 14.9. The number of ether oxygens (including phenoxy) is 1. The lowest BCUT2D eigenvalue weighted by Crippen LogP contribution is -2.46. The molecule has 11 heteroatoms. The number of nitrogens with zero attached hydrogens (tertiary/aromatic N) is 3. The molecule has 5 heterocycles. The van der Waals surface area contributed by atoms with E-state index >= 15 is 0 Å². The molecule has 2 fully saturated rings. The molecule has 0 aliphatic carbocycles. The Bertz CT molecular complexity index is 1430. The van der Waals surface area contributed by atoms with Gasteiger partial charge in [-0.1, -0.05) is 6.07 Å². The molecule has 10 nitrogen and oxygen atoms in total. The van der Waals surface area contributed by atoms with Crippen molar-refractivity contribution in [3.8, 4) is 5.75 Å². The van der Waals surface area contributed by atoms with Gasteiger partial charge < -0.3 is 24.3 Å². The van der Waals surface area contributed by atoms with Gasteiger partial charge in [0.15, 0.2) is 17.1 Å². The van der Waals surface area contributed by atoms with Gasteiger partial charge in [0.25, 0.3) is 5.91 Å². The number of hydrogen-bond donors (Lipinski definition) is 2. The first-order chi connectivity index (χ1) is 17.9. The average Bonchev–Trinajstić information content (AvgIpc) is 3.44. The van der Waals surface area contributed by atoms with Crippen molar-refractivity contribution in [2.45, 2.75) is 24.8 Å². The van der Waals surface area contributed by atoms with E-state index in [2.05, 4.69) is 15.5 Å². The Morgan fingerprint density at radius 2 is 2.03 bits per heavy atom. The van der Waals surface area contributed by atoms with Crippen molar-refractivity contribution in [1.82, 2.24) is 20.5 Å². The third-order valence-corrected chi connectivity index (χ3v) is 7.38. The summed E-state index contributed by atoms with van der Waals surface area (Å²) >= 11 is 0. The van der Waals surface area contributed by atoms with Crippen LogP contribution in [0.3, 0.4) is 0 Å². The maximum Gasteiger partial charge on any atom is 0.257 e. The molecule has 2 aromatic heterocycles. The lowest BCUT2D eigenvalue weighted by atomic mass is 9.82. The van der Waals surface area contributed by atoms with E-state index in [0.29, 0.717) is 16.7 Å². The molecule has 3 amide bonds. The average molecular weight is 508 g/mol. The zero-order valence-corrected chi connectivity index (χ0v) is 20.3. The third-order valence-electron chi connectivity index (χ3n) is 7.38. The van der Waals surface area contributed by atoms with Gasteiger partial charge in [-0.05, 0) is 36.7 Å². The molecule has 3 aromatic rings. The number of amides is 3. The van der Waals surface area contributed by atoms with Gasteiger partial charge in [0.2, 0.25) is 11.8 Å². The predicted octanol–water partition coefficient (Wildman–Crippen LogP) is 1.72. The number of imide groups is 1. The highest BCUT2D eigenvalue weighted by atomic mass is 19.1. The van der Waals surface area contributed by atoms with E-state index in [1.807, 2.05) is 6.07 Å². The fourth-order valence-corrected chi connectivity index (χ4v) is 5.46. The molecule has 2 N–H and O–H groups in total. The summed E-state index contributed by atoms with van der Waals surface area (Å²) in [5.74, 6) is -1.31. The molecule has 0 radical (unpaired) electrons. The molecule has 0 saturated carbocycles. The maximum atomic E-state index is 14.9. The highest BCUT2D eigenvalue weighted by molar-refractivity contribution is 6.10. The molecule has 0 spiro atoms. The Labute approximate surface area is 211 Å². The predicted molar refractivity (Wildman–Crippen MR) is 131 cm³/mol. The Balaban J connectivity index is 1.35. The van der Waals surface area contributed by atoms with Crippen molar-refractivity contribution in [1.29, 1.82) is 0 Å². The highest BCUT2D eigenvalue weighted by Crippen LogP contribution is 2.40. The van der Waals surface area contributed by atoms with E-state index in [1.54, 1.807) is 18.2 Å². The largest absolute Gasteiger partial charge is 0.494 e. The van der Waals surface area contributed by atoms with Crippen molar-refractivity contribution < 1.29 is 27.9 Å². The minimum atomic E-state index is -1.46. The number of carbonyl (C=O) groups is 3. The van der Waals surface area contributed by atoms with Crippen LogP contribution in [0, 0.1) is 5.82 Å². The van der Waals surface area contributed by atoms with Crippen LogP contribution in [0.2, 0.25) is 0 Å². The van der Waals surface area contributed by atoms with E-state index in [-0.39, 0.29) is 36.6 Å². The van der Waals surface area contributed by atoms with E-state index in [0.717, 1.165) is 38.4 Å². The minimum absolute atomic E-state index is 0.0307. The molecule has 192 valence electrons. The highest BCUT2D eigenvalue weighted by Gasteiger charge is 2.53. The van der Waals surface area contributed by atoms with E-state index in [4.69, 9.17) is 14.1 Å². The SMILES string of the molecule is COc1ccc2c(c1F)C(=O)N(C[C@@]1(c3cc4nc(N5CCCNCC5)ccc4o3)CC(=O)NC1=O)C2. The molecular formula is C26H26FN5O5.